The van der Waals surface area contributed by atoms with Crippen LogP contribution in [0.1, 0.15) is 13.3 Å². The van der Waals surface area contributed by atoms with Crippen LogP contribution in [0.2, 0.25) is 0 Å². The SMILES string of the molecule is CC1CN(C(=O)[C@H]2CCNC2)CC1O. The molecule has 2 saturated heterocycles. The number of nitrogens with zero attached hydrogens (tertiary/aromatic N) is 1. The van der Waals surface area contributed by atoms with Crippen LogP contribution in [-0.4, -0.2) is 48.2 Å². The lowest BCUT2D eigenvalue weighted by Crippen LogP contribution is -2.36. The van der Waals surface area contributed by atoms with Crippen LogP contribution in [0.25, 0.3) is 0 Å². The number of nitrogens with one attached hydrogen (secondary N) is 1. The van der Waals surface area contributed by atoms with Gasteiger partial charge in [-0.1, -0.05) is 6.92 Å². The van der Waals surface area contributed by atoms with Gasteiger partial charge in [-0.25, -0.2) is 0 Å². The van der Waals surface area contributed by atoms with Gasteiger partial charge in [0, 0.05) is 25.6 Å². The van der Waals surface area contributed by atoms with Gasteiger partial charge >= 0.3 is 0 Å². The lowest BCUT2D eigenvalue weighted by Gasteiger charge is -2.19. The highest BCUT2D eigenvalue weighted by Crippen LogP contribution is 2.20. The fraction of sp³-hybridized carbons (Fsp3) is 0.900. The van der Waals surface area contributed by atoms with E-state index in [4.69, 9.17) is 0 Å². The zero-order valence-electron chi connectivity index (χ0n) is 8.57. The van der Waals surface area contributed by atoms with Crippen LogP contribution >= 0.6 is 0 Å². The molecular weight excluding hydrogens is 180 g/mol. The van der Waals surface area contributed by atoms with E-state index >= 15 is 0 Å². The molecule has 14 heavy (non-hydrogen) atoms. The molecule has 2 heterocycles. The van der Waals surface area contributed by atoms with E-state index in [0.717, 1.165) is 26.1 Å². The van der Waals surface area contributed by atoms with Crippen molar-refractivity contribution >= 4 is 5.91 Å². The molecule has 2 unspecified atom stereocenters. The highest BCUT2D eigenvalue weighted by atomic mass is 16.3. The van der Waals surface area contributed by atoms with Gasteiger partial charge in [-0.15, -0.1) is 0 Å². The van der Waals surface area contributed by atoms with Gasteiger partial charge in [0.2, 0.25) is 5.91 Å². The van der Waals surface area contributed by atoms with Crippen molar-refractivity contribution in [2.75, 3.05) is 26.2 Å². The zero-order chi connectivity index (χ0) is 10.1. The molecule has 0 saturated carbocycles. The van der Waals surface area contributed by atoms with Crippen molar-refractivity contribution in [1.82, 2.24) is 10.2 Å². The number of carbonyl (C=O) groups excluding carboxylic acids is 1. The molecule has 0 radical (unpaired) electrons. The average Bonchev–Trinajstić information content (AvgIpc) is 2.76. The summed E-state index contributed by atoms with van der Waals surface area (Å²) in [5, 5.41) is 12.7. The molecule has 2 aliphatic heterocycles. The van der Waals surface area contributed by atoms with Crippen LogP contribution < -0.4 is 5.32 Å². The van der Waals surface area contributed by atoms with Gasteiger partial charge in [0.05, 0.1) is 12.0 Å². The number of hydrogen-bond acceptors (Lipinski definition) is 3. The van der Waals surface area contributed by atoms with Crippen LogP contribution in [0, 0.1) is 11.8 Å². The molecule has 0 aromatic carbocycles. The first kappa shape index (κ1) is 9.93. The van der Waals surface area contributed by atoms with Gasteiger partial charge in [0.25, 0.3) is 0 Å². The quantitative estimate of drug-likeness (QED) is 0.593. The summed E-state index contributed by atoms with van der Waals surface area (Å²) in [5.74, 6) is 0.596. The minimum absolute atomic E-state index is 0.146. The molecular formula is C10H18N2O2. The Morgan fingerprint density at radius 2 is 2.29 bits per heavy atom. The second kappa shape index (κ2) is 3.87. The summed E-state index contributed by atoms with van der Waals surface area (Å²) in [6, 6.07) is 0. The minimum Gasteiger partial charge on any atom is -0.391 e. The van der Waals surface area contributed by atoms with Crippen LogP contribution in [-0.2, 0) is 4.79 Å². The lowest BCUT2D eigenvalue weighted by molar-refractivity contribution is -0.134. The standard InChI is InChI=1S/C10H18N2O2/c1-7-5-12(6-9(7)13)10(14)8-2-3-11-4-8/h7-9,11,13H,2-6H2,1H3/t7?,8-,9?/m0/s1. The van der Waals surface area contributed by atoms with Crippen molar-refractivity contribution < 1.29 is 9.90 Å². The molecule has 0 bridgehead atoms. The first-order chi connectivity index (χ1) is 6.68. The third-order valence-corrected chi connectivity index (χ3v) is 3.29. The predicted octanol–water partition coefficient (Wildman–Crippen LogP) is -0.565. The van der Waals surface area contributed by atoms with Gasteiger partial charge in [-0.3, -0.25) is 4.79 Å². The number of aliphatic hydroxyl groups is 1. The second-order valence-electron chi connectivity index (χ2n) is 4.48. The highest BCUT2D eigenvalue weighted by Gasteiger charge is 2.34. The van der Waals surface area contributed by atoms with E-state index in [-0.39, 0.29) is 23.8 Å². The largest absolute Gasteiger partial charge is 0.391 e. The van der Waals surface area contributed by atoms with Gasteiger partial charge < -0.3 is 15.3 Å². The summed E-state index contributed by atoms with van der Waals surface area (Å²) in [6.45, 7) is 4.99. The number of likely N-dealkylation sites (tertiary alicyclic amines) is 1. The first-order valence-electron chi connectivity index (χ1n) is 5.36. The number of β-amino-alcohol motifs (C(OH)–C–C–N with tert-alkyl or cyclic N) is 1. The van der Waals surface area contributed by atoms with E-state index < -0.39 is 0 Å². The maximum atomic E-state index is 11.9. The third-order valence-electron chi connectivity index (χ3n) is 3.29. The van der Waals surface area contributed by atoms with Crippen molar-refractivity contribution in [3.8, 4) is 0 Å². The molecule has 3 atom stereocenters. The molecule has 2 N–H and O–H groups in total. The van der Waals surface area contributed by atoms with Gasteiger partial charge in [-0.2, -0.15) is 0 Å². The Morgan fingerprint density at radius 3 is 2.79 bits per heavy atom. The number of carbonyl (C=O) groups is 1. The van der Waals surface area contributed by atoms with Crippen molar-refractivity contribution in [2.24, 2.45) is 11.8 Å². The molecule has 2 fully saturated rings. The maximum Gasteiger partial charge on any atom is 0.227 e. The topological polar surface area (TPSA) is 52.6 Å². The van der Waals surface area contributed by atoms with E-state index in [2.05, 4.69) is 5.32 Å². The van der Waals surface area contributed by atoms with E-state index in [1.54, 1.807) is 0 Å². The van der Waals surface area contributed by atoms with Crippen LogP contribution in [0.4, 0.5) is 0 Å². The summed E-state index contributed by atoms with van der Waals surface area (Å²) in [6.07, 6.45) is 0.619. The van der Waals surface area contributed by atoms with Gasteiger partial charge in [-0.05, 0) is 13.0 Å². The van der Waals surface area contributed by atoms with E-state index in [9.17, 15) is 9.90 Å². The Morgan fingerprint density at radius 1 is 1.50 bits per heavy atom. The van der Waals surface area contributed by atoms with Crippen molar-refractivity contribution in [3.05, 3.63) is 0 Å². The van der Waals surface area contributed by atoms with Gasteiger partial charge in [0.15, 0.2) is 0 Å². The van der Waals surface area contributed by atoms with Crippen molar-refractivity contribution in [3.63, 3.8) is 0 Å². The Balaban J connectivity index is 1.92. The highest BCUT2D eigenvalue weighted by molar-refractivity contribution is 5.79. The molecule has 1 amide bonds. The molecule has 0 spiro atoms. The summed E-state index contributed by atoms with van der Waals surface area (Å²) in [4.78, 5) is 13.7. The van der Waals surface area contributed by atoms with Crippen LogP contribution in [0.15, 0.2) is 0 Å². The second-order valence-corrected chi connectivity index (χ2v) is 4.48. The smallest absolute Gasteiger partial charge is 0.227 e. The zero-order valence-corrected chi connectivity index (χ0v) is 8.57. The summed E-state index contributed by atoms with van der Waals surface area (Å²) in [7, 11) is 0. The molecule has 4 heteroatoms. The monoisotopic (exact) mass is 198 g/mol. The fourth-order valence-electron chi connectivity index (χ4n) is 2.25. The Labute approximate surface area is 84.3 Å². The summed E-state index contributed by atoms with van der Waals surface area (Å²) >= 11 is 0. The molecule has 0 aromatic rings. The predicted molar refractivity (Wildman–Crippen MR) is 52.7 cm³/mol. The summed E-state index contributed by atoms with van der Waals surface area (Å²) < 4.78 is 0. The number of aliphatic hydroxyl groups excluding tert-OH is 1. The normalized spacial score (nSPS) is 37.9. The third kappa shape index (κ3) is 1.77. The maximum absolute atomic E-state index is 11.9. The Bertz CT molecular complexity index is 216. The fourth-order valence-corrected chi connectivity index (χ4v) is 2.25. The van der Waals surface area contributed by atoms with E-state index in [1.165, 1.54) is 0 Å². The Kier molecular flexibility index (Phi) is 2.74. The molecule has 4 nitrogen and oxygen atoms in total. The van der Waals surface area contributed by atoms with Crippen molar-refractivity contribution in [2.45, 2.75) is 19.4 Å². The van der Waals surface area contributed by atoms with E-state index in [0.29, 0.717) is 6.54 Å². The van der Waals surface area contributed by atoms with Gasteiger partial charge in [0.1, 0.15) is 0 Å². The Hall–Kier alpha value is -0.610. The summed E-state index contributed by atoms with van der Waals surface area (Å²) in [5.41, 5.74) is 0. The average molecular weight is 198 g/mol. The molecule has 2 rings (SSSR count). The molecule has 80 valence electrons. The molecule has 2 aliphatic rings. The molecule has 0 aromatic heterocycles. The number of amides is 1. The lowest BCUT2D eigenvalue weighted by atomic mass is 10.1. The minimum atomic E-state index is -0.326. The van der Waals surface area contributed by atoms with E-state index in [1.807, 2.05) is 11.8 Å². The number of rotatable bonds is 1. The number of hydrogen-bond donors (Lipinski definition) is 2. The van der Waals surface area contributed by atoms with Crippen LogP contribution in [0.3, 0.4) is 0 Å². The molecule has 0 aliphatic carbocycles. The first-order valence-corrected chi connectivity index (χ1v) is 5.36. The van der Waals surface area contributed by atoms with Crippen molar-refractivity contribution in [1.29, 1.82) is 0 Å². The van der Waals surface area contributed by atoms with Crippen LogP contribution in [0.5, 0.6) is 0 Å².